The molecule has 27 heavy (non-hydrogen) atoms. The second-order valence-corrected chi connectivity index (χ2v) is 7.89. The molecule has 0 bridgehead atoms. The van der Waals surface area contributed by atoms with Crippen LogP contribution in [0.5, 0.6) is 5.75 Å². The predicted octanol–water partition coefficient (Wildman–Crippen LogP) is 3.10. The highest BCUT2D eigenvalue weighted by atomic mass is 19.1. The maximum absolute atomic E-state index is 14.3. The normalized spacial score (nSPS) is 21.0. The van der Waals surface area contributed by atoms with E-state index < -0.39 is 0 Å². The third-order valence-corrected chi connectivity index (χ3v) is 6.13. The number of nitrogens with one attached hydrogen (secondary N) is 1. The maximum atomic E-state index is 14.3. The number of ether oxygens (including phenoxy) is 1. The second kappa shape index (κ2) is 7.60. The van der Waals surface area contributed by atoms with Crippen LogP contribution in [-0.4, -0.2) is 40.2 Å². The Morgan fingerprint density at radius 3 is 2.81 bits per heavy atom. The van der Waals surface area contributed by atoms with Crippen molar-refractivity contribution in [2.45, 2.75) is 45.3 Å². The van der Waals surface area contributed by atoms with Crippen LogP contribution in [0, 0.1) is 11.2 Å². The first-order chi connectivity index (χ1) is 13.1. The molecule has 146 valence electrons. The van der Waals surface area contributed by atoms with Gasteiger partial charge in [-0.25, -0.2) is 9.37 Å². The van der Waals surface area contributed by atoms with Crippen molar-refractivity contribution in [3.8, 4) is 5.75 Å². The summed E-state index contributed by atoms with van der Waals surface area (Å²) in [4.78, 5) is 7.00. The molecule has 1 spiro atoms. The van der Waals surface area contributed by atoms with E-state index in [4.69, 9.17) is 4.74 Å². The van der Waals surface area contributed by atoms with Crippen molar-refractivity contribution in [3.05, 3.63) is 47.8 Å². The monoisotopic (exact) mass is 372 g/mol. The number of piperidine rings is 1. The van der Waals surface area contributed by atoms with Crippen molar-refractivity contribution in [1.29, 1.82) is 0 Å². The van der Waals surface area contributed by atoms with Gasteiger partial charge in [-0.15, -0.1) is 0 Å². The Labute approximate surface area is 160 Å². The summed E-state index contributed by atoms with van der Waals surface area (Å²) in [6.07, 6.45) is 7.52. The summed E-state index contributed by atoms with van der Waals surface area (Å²) >= 11 is 0. The van der Waals surface area contributed by atoms with Crippen LogP contribution in [0.15, 0.2) is 30.6 Å². The highest BCUT2D eigenvalue weighted by Gasteiger charge is 2.56. The van der Waals surface area contributed by atoms with E-state index in [1.54, 1.807) is 12.1 Å². The van der Waals surface area contributed by atoms with Crippen LogP contribution in [0.1, 0.15) is 37.6 Å². The average molecular weight is 372 g/mol. The molecule has 0 amide bonds. The van der Waals surface area contributed by atoms with Crippen molar-refractivity contribution >= 4 is 0 Å². The molecule has 1 atom stereocenters. The lowest BCUT2D eigenvalue weighted by molar-refractivity contribution is 0.182. The van der Waals surface area contributed by atoms with E-state index >= 15 is 0 Å². The summed E-state index contributed by atoms with van der Waals surface area (Å²) in [5.41, 5.74) is 1.42. The summed E-state index contributed by atoms with van der Waals surface area (Å²) < 4.78 is 21.7. The van der Waals surface area contributed by atoms with Crippen LogP contribution in [-0.2, 0) is 20.1 Å². The first-order valence-electron chi connectivity index (χ1n) is 9.93. The van der Waals surface area contributed by atoms with E-state index in [0.29, 0.717) is 23.8 Å². The van der Waals surface area contributed by atoms with Gasteiger partial charge in [-0.3, -0.25) is 4.90 Å². The van der Waals surface area contributed by atoms with Gasteiger partial charge < -0.3 is 14.6 Å². The zero-order chi connectivity index (χ0) is 18.9. The molecule has 2 aromatic rings. The Bertz CT molecular complexity index is 784. The fourth-order valence-corrected chi connectivity index (χ4v) is 4.46. The molecule has 1 aromatic carbocycles. The van der Waals surface area contributed by atoms with Gasteiger partial charge in [-0.2, -0.15) is 0 Å². The lowest BCUT2D eigenvalue weighted by Gasteiger charge is -2.29. The highest BCUT2D eigenvalue weighted by Crippen LogP contribution is 2.56. The zero-order valence-corrected chi connectivity index (χ0v) is 16.2. The summed E-state index contributed by atoms with van der Waals surface area (Å²) in [6, 6.07) is 5.90. The van der Waals surface area contributed by atoms with Gasteiger partial charge in [0.1, 0.15) is 5.82 Å². The van der Waals surface area contributed by atoms with Gasteiger partial charge in [0.15, 0.2) is 11.6 Å². The third kappa shape index (κ3) is 3.87. The molecular formula is C21H29FN4O. The maximum Gasteiger partial charge on any atom is 0.165 e. The number of benzene rings is 1. The number of hydrogen-bond acceptors (Lipinski definition) is 4. The molecule has 1 aliphatic carbocycles. The Hall–Kier alpha value is -1.92. The molecule has 2 aliphatic rings. The first-order valence-corrected chi connectivity index (χ1v) is 9.93. The summed E-state index contributed by atoms with van der Waals surface area (Å²) in [6.45, 7) is 6.07. The van der Waals surface area contributed by atoms with E-state index in [1.807, 2.05) is 32.4 Å². The highest BCUT2D eigenvalue weighted by molar-refractivity contribution is 5.29. The number of aromatic nitrogens is 2. The fraction of sp³-hybridized carbons (Fsp3) is 0.571. The van der Waals surface area contributed by atoms with Gasteiger partial charge in [0, 0.05) is 32.0 Å². The molecule has 2 heterocycles. The zero-order valence-electron chi connectivity index (χ0n) is 16.2. The smallest absolute Gasteiger partial charge is 0.165 e. The second-order valence-electron chi connectivity index (χ2n) is 7.89. The Morgan fingerprint density at radius 1 is 1.33 bits per heavy atom. The van der Waals surface area contributed by atoms with Crippen molar-refractivity contribution in [2.24, 2.45) is 12.5 Å². The van der Waals surface area contributed by atoms with Crippen molar-refractivity contribution < 1.29 is 9.13 Å². The number of hydrogen-bond donors (Lipinski definition) is 1. The van der Waals surface area contributed by atoms with Gasteiger partial charge in [-0.1, -0.05) is 6.07 Å². The molecule has 1 saturated carbocycles. The van der Waals surface area contributed by atoms with E-state index in [9.17, 15) is 4.39 Å². The third-order valence-electron chi connectivity index (χ3n) is 6.13. The molecule has 1 N–H and O–H groups in total. The topological polar surface area (TPSA) is 42.3 Å². The lowest BCUT2D eigenvalue weighted by atomic mass is 9.93. The molecular weight excluding hydrogens is 343 g/mol. The Balaban J connectivity index is 1.53. The largest absolute Gasteiger partial charge is 0.491 e. The Morgan fingerprint density at radius 2 is 2.15 bits per heavy atom. The SMILES string of the molecule is CCOc1ccc(CN(Cc2nccn2C)C2CC23CCNCC3)cc1F. The quantitative estimate of drug-likeness (QED) is 0.811. The van der Waals surface area contributed by atoms with Crippen LogP contribution in [0.25, 0.3) is 0 Å². The van der Waals surface area contributed by atoms with Crippen molar-refractivity contribution in [1.82, 2.24) is 19.8 Å². The van der Waals surface area contributed by atoms with E-state index in [2.05, 4.69) is 19.8 Å². The summed E-state index contributed by atoms with van der Waals surface area (Å²) in [5, 5.41) is 3.47. The van der Waals surface area contributed by atoms with Gasteiger partial charge in [-0.05, 0) is 62.4 Å². The van der Waals surface area contributed by atoms with Crippen LogP contribution >= 0.6 is 0 Å². The van der Waals surface area contributed by atoms with Crippen molar-refractivity contribution in [2.75, 3.05) is 19.7 Å². The summed E-state index contributed by atoms with van der Waals surface area (Å²) in [7, 11) is 2.03. The van der Waals surface area contributed by atoms with E-state index in [-0.39, 0.29) is 5.82 Å². The van der Waals surface area contributed by atoms with Crippen LogP contribution in [0.4, 0.5) is 4.39 Å². The molecule has 2 fully saturated rings. The molecule has 1 aliphatic heterocycles. The van der Waals surface area contributed by atoms with Crippen LogP contribution in [0.3, 0.4) is 0 Å². The number of aryl methyl sites for hydroxylation is 1. The van der Waals surface area contributed by atoms with Crippen LogP contribution < -0.4 is 10.1 Å². The molecule has 1 saturated heterocycles. The molecule has 4 rings (SSSR count). The minimum Gasteiger partial charge on any atom is -0.491 e. The number of rotatable bonds is 7. The minimum absolute atomic E-state index is 0.279. The average Bonchev–Trinajstić information content (AvgIpc) is 3.19. The predicted molar refractivity (Wildman–Crippen MR) is 103 cm³/mol. The fourth-order valence-electron chi connectivity index (χ4n) is 4.46. The molecule has 1 unspecified atom stereocenters. The number of imidazole rings is 1. The first kappa shape index (κ1) is 18.4. The molecule has 6 heteroatoms. The van der Waals surface area contributed by atoms with Gasteiger partial charge in [0.05, 0.1) is 13.2 Å². The molecule has 5 nitrogen and oxygen atoms in total. The number of halogens is 1. The lowest BCUT2D eigenvalue weighted by Crippen LogP contribution is -2.36. The molecule has 0 radical (unpaired) electrons. The van der Waals surface area contributed by atoms with Gasteiger partial charge in [0.2, 0.25) is 0 Å². The Kier molecular flexibility index (Phi) is 5.19. The van der Waals surface area contributed by atoms with E-state index in [1.165, 1.54) is 19.3 Å². The van der Waals surface area contributed by atoms with E-state index in [0.717, 1.165) is 37.6 Å². The summed E-state index contributed by atoms with van der Waals surface area (Å²) in [5.74, 6) is 1.11. The van der Waals surface area contributed by atoms with Crippen molar-refractivity contribution in [3.63, 3.8) is 0 Å². The minimum atomic E-state index is -0.279. The molecule has 1 aromatic heterocycles. The van der Waals surface area contributed by atoms with Gasteiger partial charge >= 0.3 is 0 Å². The number of nitrogens with zero attached hydrogens (tertiary/aromatic N) is 3. The standard InChI is InChI=1S/C21H29FN4O/c1-3-27-18-5-4-16(12-17(18)22)14-26(15-20-24-10-11-25(20)2)19-13-21(19)6-8-23-9-7-21/h4-5,10-12,19,23H,3,6-9,13-15H2,1-2H3. The van der Waals surface area contributed by atoms with Crippen LogP contribution in [0.2, 0.25) is 0 Å². The van der Waals surface area contributed by atoms with Gasteiger partial charge in [0.25, 0.3) is 0 Å².